The van der Waals surface area contributed by atoms with Crippen LogP contribution in [0.3, 0.4) is 0 Å². The molecule has 0 amide bonds. The number of esters is 2. The van der Waals surface area contributed by atoms with Gasteiger partial charge in [-0.25, -0.2) is 0 Å². The van der Waals surface area contributed by atoms with Crippen LogP contribution in [0.4, 0.5) is 0 Å². The summed E-state index contributed by atoms with van der Waals surface area (Å²) in [4.78, 5) is 22.1. The SMILES string of the molecule is COC(=O)C(CCCCl)C(=O)OC. The van der Waals surface area contributed by atoms with Gasteiger partial charge in [0.05, 0.1) is 14.2 Å². The minimum atomic E-state index is -0.839. The van der Waals surface area contributed by atoms with Gasteiger partial charge in [-0.05, 0) is 12.8 Å². The van der Waals surface area contributed by atoms with Crippen molar-refractivity contribution in [3.05, 3.63) is 0 Å². The second kappa shape index (κ2) is 6.71. The Morgan fingerprint density at radius 2 is 1.69 bits per heavy atom. The molecule has 0 aromatic heterocycles. The Labute approximate surface area is 82.1 Å². The van der Waals surface area contributed by atoms with Crippen molar-refractivity contribution in [2.45, 2.75) is 12.8 Å². The van der Waals surface area contributed by atoms with Crippen LogP contribution in [0.15, 0.2) is 0 Å². The fourth-order valence-electron chi connectivity index (χ4n) is 0.898. The Balaban J connectivity index is 4.18. The average Bonchev–Trinajstić information content (AvgIpc) is 2.17. The van der Waals surface area contributed by atoms with Crippen molar-refractivity contribution in [1.29, 1.82) is 0 Å². The molecule has 0 aliphatic heterocycles. The molecule has 0 unspecified atom stereocenters. The number of carbonyl (C=O) groups excluding carboxylic acids is 2. The van der Waals surface area contributed by atoms with Gasteiger partial charge in [-0.3, -0.25) is 9.59 Å². The highest BCUT2D eigenvalue weighted by Gasteiger charge is 2.27. The molecule has 0 radical (unpaired) electrons. The predicted octanol–water partition coefficient (Wildman–Crippen LogP) is 0.968. The predicted molar refractivity (Wildman–Crippen MR) is 47.5 cm³/mol. The Bertz CT molecular complexity index is 165. The molecule has 0 aliphatic carbocycles. The number of ether oxygens (including phenoxy) is 2. The van der Waals surface area contributed by atoms with Gasteiger partial charge < -0.3 is 9.47 Å². The van der Waals surface area contributed by atoms with Gasteiger partial charge >= 0.3 is 11.9 Å². The van der Waals surface area contributed by atoms with Crippen LogP contribution in [0.1, 0.15) is 12.8 Å². The molecule has 5 heteroatoms. The Morgan fingerprint density at radius 3 is 2.00 bits per heavy atom. The highest BCUT2D eigenvalue weighted by atomic mass is 35.5. The highest BCUT2D eigenvalue weighted by Crippen LogP contribution is 2.11. The van der Waals surface area contributed by atoms with E-state index in [0.29, 0.717) is 18.7 Å². The van der Waals surface area contributed by atoms with E-state index in [1.807, 2.05) is 0 Å². The van der Waals surface area contributed by atoms with Crippen molar-refractivity contribution < 1.29 is 19.1 Å². The zero-order valence-corrected chi connectivity index (χ0v) is 8.47. The molecule has 0 rings (SSSR count). The summed E-state index contributed by atoms with van der Waals surface area (Å²) < 4.78 is 8.90. The fourth-order valence-corrected chi connectivity index (χ4v) is 1.05. The maximum atomic E-state index is 11.1. The summed E-state index contributed by atoms with van der Waals surface area (Å²) in [6, 6.07) is 0. The monoisotopic (exact) mass is 208 g/mol. The molecule has 76 valence electrons. The second-order valence-electron chi connectivity index (χ2n) is 2.43. The van der Waals surface area contributed by atoms with Crippen LogP contribution in [0.2, 0.25) is 0 Å². The summed E-state index contributed by atoms with van der Waals surface area (Å²) in [5, 5.41) is 0. The van der Waals surface area contributed by atoms with E-state index in [4.69, 9.17) is 11.6 Å². The van der Waals surface area contributed by atoms with E-state index in [0.717, 1.165) is 0 Å². The first-order valence-corrected chi connectivity index (χ1v) is 4.42. The summed E-state index contributed by atoms with van der Waals surface area (Å²) in [6.07, 6.45) is 0.944. The zero-order chi connectivity index (χ0) is 10.3. The standard InChI is InChI=1S/C8H13ClO4/c1-12-7(10)6(4-3-5-9)8(11)13-2/h6H,3-5H2,1-2H3. The maximum Gasteiger partial charge on any atom is 0.320 e. The van der Waals surface area contributed by atoms with Crippen LogP contribution in [0.5, 0.6) is 0 Å². The molecule has 0 fully saturated rings. The van der Waals surface area contributed by atoms with Crippen LogP contribution in [-0.2, 0) is 19.1 Å². The fraction of sp³-hybridized carbons (Fsp3) is 0.750. The first kappa shape index (κ1) is 12.2. The number of halogens is 1. The van der Waals surface area contributed by atoms with Crippen LogP contribution in [0.25, 0.3) is 0 Å². The number of alkyl halides is 1. The molecule has 0 aromatic rings. The lowest BCUT2D eigenvalue weighted by molar-refractivity contribution is -0.159. The summed E-state index contributed by atoms with van der Waals surface area (Å²) in [7, 11) is 2.47. The Kier molecular flexibility index (Phi) is 6.32. The van der Waals surface area contributed by atoms with Crippen molar-refractivity contribution in [2.75, 3.05) is 20.1 Å². The molecule has 0 bridgehead atoms. The number of carbonyl (C=O) groups is 2. The third-order valence-electron chi connectivity index (χ3n) is 1.60. The van der Waals surface area contributed by atoms with Gasteiger partial charge in [-0.1, -0.05) is 0 Å². The number of hydrogen-bond donors (Lipinski definition) is 0. The largest absolute Gasteiger partial charge is 0.468 e. The zero-order valence-electron chi connectivity index (χ0n) is 7.71. The average molecular weight is 209 g/mol. The van der Waals surface area contributed by atoms with Gasteiger partial charge in [-0.15, -0.1) is 11.6 Å². The van der Waals surface area contributed by atoms with E-state index in [-0.39, 0.29) is 0 Å². The van der Waals surface area contributed by atoms with Gasteiger partial charge in [0, 0.05) is 5.88 Å². The van der Waals surface area contributed by atoms with Crippen LogP contribution in [-0.4, -0.2) is 32.0 Å². The summed E-state index contributed by atoms with van der Waals surface area (Å²) in [5.74, 6) is -1.58. The van der Waals surface area contributed by atoms with Gasteiger partial charge in [0.1, 0.15) is 0 Å². The normalized spacial score (nSPS) is 9.85. The smallest absolute Gasteiger partial charge is 0.320 e. The number of rotatable bonds is 5. The van der Waals surface area contributed by atoms with Crippen molar-refractivity contribution in [3.8, 4) is 0 Å². The van der Waals surface area contributed by atoms with Gasteiger partial charge in [0.2, 0.25) is 0 Å². The van der Waals surface area contributed by atoms with Crippen molar-refractivity contribution in [1.82, 2.24) is 0 Å². The van der Waals surface area contributed by atoms with Crippen molar-refractivity contribution in [3.63, 3.8) is 0 Å². The molecule has 13 heavy (non-hydrogen) atoms. The van der Waals surface area contributed by atoms with E-state index in [1.165, 1.54) is 14.2 Å². The molecule has 0 N–H and O–H groups in total. The Hall–Kier alpha value is -0.770. The molecule has 0 heterocycles. The first-order chi connectivity index (χ1) is 6.17. The third kappa shape index (κ3) is 4.12. The minimum absolute atomic E-state index is 0.364. The van der Waals surface area contributed by atoms with Gasteiger partial charge in [-0.2, -0.15) is 0 Å². The molecule has 0 spiro atoms. The highest BCUT2D eigenvalue weighted by molar-refractivity contribution is 6.17. The topological polar surface area (TPSA) is 52.6 Å². The lowest BCUT2D eigenvalue weighted by atomic mass is 10.0. The van der Waals surface area contributed by atoms with Crippen LogP contribution >= 0.6 is 11.6 Å². The van der Waals surface area contributed by atoms with Crippen molar-refractivity contribution in [2.24, 2.45) is 5.92 Å². The quantitative estimate of drug-likeness (QED) is 0.384. The Morgan fingerprint density at radius 1 is 1.23 bits per heavy atom. The van der Waals surface area contributed by atoms with Crippen molar-refractivity contribution >= 4 is 23.5 Å². The lowest BCUT2D eigenvalue weighted by Crippen LogP contribution is -2.26. The van der Waals surface area contributed by atoms with Crippen LogP contribution < -0.4 is 0 Å². The molecule has 4 nitrogen and oxygen atoms in total. The summed E-state index contributed by atoms with van der Waals surface area (Å²) in [6.45, 7) is 0. The first-order valence-electron chi connectivity index (χ1n) is 3.89. The number of hydrogen-bond acceptors (Lipinski definition) is 4. The van der Waals surface area contributed by atoms with E-state index >= 15 is 0 Å². The third-order valence-corrected chi connectivity index (χ3v) is 1.87. The molecule has 0 aromatic carbocycles. The molecule has 0 atom stereocenters. The number of methoxy groups -OCH3 is 2. The minimum Gasteiger partial charge on any atom is -0.468 e. The lowest BCUT2D eigenvalue weighted by Gasteiger charge is -2.10. The summed E-state index contributed by atoms with van der Waals surface area (Å²) in [5.41, 5.74) is 0. The summed E-state index contributed by atoms with van der Waals surface area (Å²) >= 11 is 5.44. The molecular formula is C8H13ClO4. The molecular weight excluding hydrogens is 196 g/mol. The molecule has 0 saturated heterocycles. The van der Waals surface area contributed by atoms with Crippen LogP contribution in [0, 0.1) is 5.92 Å². The van der Waals surface area contributed by atoms with Gasteiger partial charge in [0.15, 0.2) is 5.92 Å². The second-order valence-corrected chi connectivity index (χ2v) is 2.81. The van der Waals surface area contributed by atoms with E-state index in [2.05, 4.69) is 9.47 Å². The maximum absolute atomic E-state index is 11.1. The molecule has 0 saturated carbocycles. The molecule has 0 aliphatic rings. The van der Waals surface area contributed by atoms with E-state index in [1.54, 1.807) is 0 Å². The van der Waals surface area contributed by atoms with E-state index < -0.39 is 17.9 Å². The van der Waals surface area contributed by atoms with E-state index in [9.17, 15) is 9.59 Å². The van der Waals surface area contributed by atoms with Gasteiger partial charge in [0.25, 0.3) is 0 Å².